The van der Waals surface area contributed by atoms with Crippen LogP contribution in [0.3, 0.4) is 0 Å². The van der Waals surface area contributed by atoms with Gasteiger partial charge in [0.25, 0.3) is 0 Å². The van der Waals surface area contributed by atoms with Crippen LogP contribution in [0, 0.1) is 5.92 Å². The average molecular weight is 535 g/mol. The van der Waals surface area contributed by atoms with Crippen molar-refractivity contribution >= 4 is 28.0 Å². The fraction of sp³-hybridized carbons (Fsp3) is 0.571. The SMILES string of the molecule is CN(CC1OC(n2cnc3c(N)ncnc32)C(O)C1O)C1CC(CCc2nc3ccc(C(C)(C)C)cc3[nH]2)C1. The number of benzene rings is 1. The third-order valence-corrected chi connectivity index (χ3v) is 8.49. The minimum atomic E-state index is -1.10. The van der Waals surface area contributed by atoms with Gasteiger partial charge in [-0.15, -0.1) is 0 Å². The van der Waals surface area contributed by atoms with Gasteiger partial charge in [0.05, 0.1) is 17.4 Å². The smallest absolute Gasteiger partial charge is 0.167 e. The van der Waals surface area contributed by atoms with E-state index < -0.39 is 24.5 Å². The van der Waals surface area contributed by atoms with Crippen LogP contribution in [0.4, 0.5) is 5.82 Å². The number of rotatable bonds is 7. The molecular formula is C28H38N8O3. The Morgan fingerprint density at radius 3 is 2.72 bits per heavy atom. The van der Waals surface area contributed by atoms with Gasteiger partial charge in [0, 0.05) is 19.0 Å². The molecule has 3 aromatic heterocycles. The lowest BCUT2D eigenvalue weighted by molar-refractivity contribution is -0.0514. The first-order valence-corrected chi connectivity index (χ1v) is 13.7. The van der Waals surface area contributed by atoms with Gasteiger partial charge in [-0.2, -0.15) is 0 Å². The summed E-state index contributed by atoms with van der Waals surface area (Å²) in [7, 11) is 2.06. The maximum absolute atomic E-state index is 10.8. The number of nitrogen functional groups attached to an aromatic ring is 1. The third-order valence-electron chi connectivity index (χ3n) is 8.49. The summed E-state index contributed by atoms with van der Waals surface area (Å²) in [6.45, 7) is 7.20. The molecule has 1 aliphatic heterocycles. The minimum Gasteiger partial charge on any atom is -0.387 e. The van der Waals surface area contributed by atoms with Crippen LogP contribution in [-0.4, -0.2) is 82.5 Å². The Labute approximate surface area is 227 Å². The molecule has 2 fully saturated rings. The molecule has 0 amide bonds. The van der Waals surface area contributed by atoms with E-state index in [1.807, 2.05) is 0 Å². The van der Waals surface area contributed by atoms with Crippen molar-refractivity contribution in [1.29, 1.82) is 0 Å². The number of aryl methyl sites for hydroxylation is 1. The van der Waals surface area contributed by atoms with Crippen LogP contribution < -0.4 is 5.73 Å². The van der Waals surface area contributed by atoms with E-state index in [2.05, 4.69) is 70.9 Å². The number of aromatic nitrogens is 6. The Morgan fingerprint density at radius 1 is 1.15 bits per heavy atom. The average Bonchev–Trinajstić information content (AvgIpc) is 3.54. The molecule has 0 radical (unpaired) electrons. The predicted octanol–water partition coefficient (Wildman–Crippen LogP) is 2.54. The molecule has 4 aromatic rings. The van der Waals surface area contributed by atoms with Gasteiger partial charge in [-0.1, -0.05) is 26.8 Å². The Hall–Kier alpha value is -3.12. The molecule has 1 saturated heterocycles. The number of nitrogens with one attached hydrogen (secondary N) is 1. The summed E-state index contributed by atoms with van der Waals surface area (Å²) in [6.07, 6.45) is 3.65. The van der Waals surface area contributed by atoms with Gasteiger partial charge >= 0.3 is 0 Å². The molecule has 6 rings (SSSR count). The third kappa shape index (κ3) is 4.88. The van der Waals surface area contributed by atoms with E-state index in [4.69, 9.17) is 15.5 Å². The summed E-state index contributed by atoms with van der Waals surface area (Å²) >= 11 is 0. The summed E-state index contributed by atoms with van der Waals surface area (Å²) in [5, 5.41) is 21.5. The van der Waals surface area contributed by atoms with Gasteiger partial charge in [0.1, 0.15) is 36.0 Å². The number of nitrogens with two attached hydrogens (primary N) is 1. The largest absolute Gasteiger partial charge is 0.387 e. The lowest BCUT2D eigenvalue weighted by Crippen LogP contribution is -2.47. The van der Waals surface area contributed by atoms with Gasteiger partial charge < -0.3 is 30.6 Å². The zero-order chi connectivity index (χ0) is 27.5. The van der Waals surface area contributed by atoms with Crippen molar-refractivity contribution in [3.8, 4) is 0 Å². The van der Waals surface area contributed by atoms with Crippen molar-refractivity contribution in [3.63, 3.8) is 0 Å². The van der Waals surface area contributed by atoms with Crippen LogP contribution in [0.1, 0.15) is 57.6 Å². The number of H-pyrrole nitrogens is 1. The number of imidazole rings is 2. The molecule has 1 aliphatic carbocycles. The number of hydrogen-bond donors (Lipinski definition) is 4. The van der Waals surface area contributed by atoms with Crippen LogP contribution in [0.2, 0.25) is 0 Å². The molecule has 4 heterocycles. The van der Waals surface area contributed by atoms with Gasteiger partial charge in [0.2, 0.25) is 0 Å². The topological polar surface area (TPSA) is 151 Å². The Balaban J connectivity index is 1.01. The highest BCUT2D eigenvalue weighted by molar-refractivity contribution is 5.81. The van der Waals surface area contributed by atoms with E-state index in [-0.39, 0.29) is 11.2 Å². The van der Waals surface area contributed by atoms with Gasteiger partial charge in [-0.25, -0.2) is 19.9 Å². The first-order chi connectivity index (χ1) is 18.6. The molecular weight excluding hydrogens is 496 g/mol. The predicted molar refractivity (Wildman–Crippen MR) is 148 cm³/mol. The van der Waals surface area contributed by atoms with E-state index in [9.17, 15) is 10.2 Å². The second-order valence-corrected chi connectivity index (χ2v) is 12.3. The number of nitrogens with zero attached hydrogens (tertiary/aromatic N) is 6. The van der Waals surface area contributed by atoms with Crippen LogP contribution in [0.25, 0.3) is 22.2 Å². The summed E-state index contributed by atoms with van der Waals surface area (Å²) in [4.78, 5) is 23.0. The molecule has 1 aromatic carbocycles. The molecule has 4 atom stereocenters. The quantitative estimate of drug-likeness (QED) is 0.280. The number of aliphatic hydroxyl groups is 2. The first kappa shape index (κ1) is 26.1. The second kappa shape index (κ2) is 9.81. The van der Waals surface area contributed by atoms with Crippen LogP contribution >= 0.6 is 0 Å². The normalized spacial score (nSPS) is 27.6. The number of hydrogen-bond acceptors (Lipinski definition) is 9. The molecule has 2 aliphatic rings. The van der Waals surface area contributed by atoms with Gasteiger partial charge in [-0.05, 0) is 55.3 Å². The van der Waals surface area contributed by atoms with Crippen molar-refractivity contribution in [2.75, 3.05) is 19.3 Å². The number of likely N-dealkylation sites (N-methyl/N-ethyl adjacent to an activating group) is 1. The Bertz CT molecular complexity index is 1470. The lowest BCUT2D eigenvalue weighted by Gasteiger charge is -2.42. The highest BCUT2D eigenvalue weighted by Gasteiger charge is 2.45. The summed E-state index contributed by atoms with van der Waals surface area (Å²) in [6, 6.07) is 6.94. The van der Waals surface area contributed by atoms with Crippen molar-refractivity contribution < 1.29 is 14.9 Å². The fourth-order valence-electron chi connectivity index (χ4n) is 5.88. The van der Waals surface area contributed by atoms with Crippen LogP contribution in [0.5, 0.6) is 0 Å². The number of aromatic amines is 1. The van der Waals surface area contributed by atoms with Gasteiger partial charge in [0.15, 0.2) is 17.7 Å². The van der Waals surface area contributed by atoms with Crippen molar-refractivity contribution in [3.05, 3.63) is 42.2 Å². The standard InChI is InChI=1S/C28H38N8O3/c1-28(2,3)16-6-7-18-19(11-16)34-21(33-18)8-5-15-9-17(10-15)35(4)12-20-23(37)24(38)27(39-20)36-14-32-22-25(29)30-13-31-26(22)36/h6-7,11,13-15,17,20,23-24,27,37-38H,5,8-10,12H2,1-4H3,(H,33,34)(H2,29,30,31). The monoisotopic (exact) mass is 534 g/mol. The number of ether oxygens (including phenoxy) is 1. The van der Waals surface area contributed by atoms with E-state index in [0.29, 0.717) is 29.7 Å². The minimum absolute atomic E-state index is 0.113. The second-order valence-electron chi connectivity index (χ2n) is 12.3. The highest BCUT2D eigenvalue weighted by Crippen LogP contribution is 2.37. The van der Waals surface area contributed by atoms with E-state index in [1.165, 1.54) is 18.2 Å². The fourth-order valence-corrected chi connectivity index (χ4v) is 5.88. The zero-order valence-corrected chi connectivity index (χ0v) is 22.9. The van der Waals surface area contributed by atoms with Crippen LogP contribution in [-0.2, 0) is 16.6 Å². The number of anilines is 1. The Kier molecular flexibility index (Phi) is 6.57. The molecule has 1 saturated carbocycles. The maximum Gasteiger partial charge on any atom is 0.167 e. The molecule has 11 nitrogen and oxygen atoms in total. The number of aliphatic hydroxyl groups excluding tert-OH is 2. The molecule has 5 N–H and O–H groups in total. The van der Waals surface area contributed by atoms with E-state index in [0.717, 1.165) is 42.5 Å². The summed E-state index contributed by atoms with van der Waals surface area (Å²) in [5.41, 5.74) is 10.4. The molecule has 39 heavy (non-hydrogen) atoms. The lowest BCUT2D eigenvalue weighted by atomic mass is 9.76. The highest BCUT2D eigenvalue weighted by atomic mass is 16.6. The molecule has 0 bridgehead atoms. The summed E-state index contributed by atoms with van der Waals surface area (Å²) in [5.74, 6) is 1.96. The van der Waals surface area contributed by atoms with Gasteiger partial charge in [-0.3, -0.25) is 4.57 Å². The van der Waals surface area contributed by atoms with Crippen molar-refractivity contribution in [2.45, 2.75) is 82.5 Å². The molecule has 208 valence electrons. The molecule has 0 spiro atoms. The van der Waals surface area contributed by atoms with Crippen molar-refractivity contribution in [2.24, 2.45) is 5.92 Å². The molecule has 4 unspecified atom stereocenters. The van der Waals surface area contributed by atoms with E-state index >= 15 is 0 Å². The maximum atomic E-state index is 10.8. The van der Waals surface area contributed by atoms with E-state index in [1.54, 1.807) is 4.57 Å². The van der Waals surface area contributed by atoms with Crippen LogP contribution in [0.15, 0.2) is 30.9 Å². The first-order valence-electron chi connectivity index (χ1n) is 13.7. The molecule has 11 heteroatoms. The zero-order valence-electron chi connectivity index (χ0n) is 22.9. The number of fused-ring (bicyclic) bond motifs is 2. The Morgan fingerprint density at radius 2 is 1.95 bits per heavy atom. The van der Waals surface area contributed by atoms with Crippen molar-refractivity contribution in [1.82, 2.24) is 34.4 Å². The summed E-state index contributed by atoms with van der Waals surface area (Å²) < 4.78 is 7.74.